The van der Waals surface area contributed by atoms with Gasteiger partial charge in [-0.05, 0) is 37.1 Å². The lowest BCUT2D eigenvalue weighted by atomic mass is 10.0. The zero-order chi connectivity index (χ0) is 13.0. The van der Waals surface area contributed by atoms with E-state index < -0.39 is 0 Å². The van der Waals surface area contributed by atoms with E-state index in [9.17, 15) is 5.11 Å². The molecule has 1 aliphatic rings. The minimum atomic E-state index is 0.190. The molecule has 1 aromatic rings. The molecular formula is C14H17ClN2O. The van der Waals surface area contributed by atoms with Crippen LogP contribution in [0.2, 0.25) is 5.02 Å². The molecule has 1 aliphatic heterocycles. The van der Waals surface area contributed by atoms with Crippen LogP contribution in [0.5, 0.6) is 0 Å². The van der Waals surface area contributed by atoms with E-state index in [4.69, 9.17) is 16.9 Å². The predicted octanol–water partition coefficient (Wildman–Crippen LogP) is 2.56. The van der Waals surface area contributed by atoms with Gasteiger partial charge in [-0.25, -0.2) is 0 Å². The summed E-state index contributed by atoms with van der Waals surface area (Å²) in [6.45, 7) is 1.89. The van der Waals surface area contributed by atoms with Crippen molar-refractivity contribution in [2.24, 2.45) is 0 Å². The van der Waals surface area contributed by atoms with Crippen LogP contribution < -0.4 is 0 Å². The highest BCUT2D eigenvalue weighted by atomic mass is 35.5. The van der Waals surface area contributed by atoms with Crippen LogP contribution >= 0.6 is 11.6 Å². The standard InChI is InChI=1S/C14H17ClN2O/c15-13-5-4-11(12(7-13)8-16)9-17-6-2-1-3-14(17)10-18/h4-5,7,14,18H,1-3,6,9-10H2/t14-/m1/s1. The second-order valence-corrected chi connectivity index (χ2v) is 5.15. The third-order valence-electron chi connectivity index (χ3n) is 3.53. The lowest BCUT2D eigenvalue weighted by Gasteiger charge is -2.34. The van der Waals surface area contributed by atoms with E-state index in [-0.39, 0.29) is 12.6 Å². The first-order valence-corrected chi connectivity index (χ1v) is 6.66. The van der Waals surface area contributed by atoms with Crippen LogP contribution in [0.1, 0.15) is 30.4 Å². The summed E-state index contributed by atoms with van der Waals surface area (Å²) >= 11 is 5.89. The number of rotatable bonds is 3. The van der Waals surface area contributed by atoms with E-state index in [1.54, 1.807) is 6.07 Å². The summed E-state index contributed by atoms with van der Waals surface area (Å²) < 4.78 is 0. The third kappa shape index (κ3) is 3.02. The molecule has 0 radical (unpaired) electrons. The topological polar surface area (TPSA) is 47.3 Å². The van der Waals surface area contributed by atoms with Crippen LogP contribution in [0.4, 0.5) is 0 Å². The molecule has 0 amide bonds. The number of hydrogen-bond donors (Lipinski definition) is 1. The number of benzene rings is 1. The number of halogens is 1. The molecule has 0 saturated carbocycles. The van der Waals surface area contributed by atoms with E-state index in [0.717, 1.165) is 24.9 Å². The van der Waals surface area contributed by atoms with Gasteiger partial charge < -0.3 is 5.11 Å². The van der Waals surface area contributed by atoms with Gasteiger partial charge in [0.05, 0.1) is 18.2 Å². The Kier molecular flexibility index (Phi) is 4.60. The zero-order valence-corrected chi connectivity index (χ0v) is 11.0. The Labute approximate surface area is 113 Å². The first kappa shape index (κ1) is 13.4. The van der Waals surface area contributed by atoms with Gasteiger partial charge in [0.25, 0.3) is 0 Å². The molecule has 0 aromatic heterocycles. The van der Waals surface area contributed by atoms with Gasteiger partial charge in [-0.15, -0.1) is 0 Å². The number of hydrogen-bond acceptors (Lipinski definition) is 3. The summed E-state index contributed by atoms with van der Waals surface area (Å²) in [7, 11) is 0. The van der Waals surface area contributed by atoms with Gasteiger partial charge in [-0.3, -0.25) is 4.90 Å². The zero-order valence-electron chi connectivity index (χ0n) is 10.3. The third-order valence-corrected chi connectivity index (χ3v) is 3.76. The Bertz CT molecular complexity index is 456. The van der Waals surface area contributed by atoms with Crippen LogP contribution in [0.25, 0.3) is 0 Å². The second kappa shape index (κ2) is 6.19. The number of nitrogens with zero attached hydrogens (tertiary/aromatic N) is 2. The second-order valence-electron chi connectivity index (χ2n) is 4.72. The van der Waals surface area contributed by atoms with Crippen molar-refractivity contribution in [2.45, 2.75) is 31.8 Å². The first-order chi connectivity index (χ1) is 8.74. The van der Waals surface area contributed by atoms with E-state index in [0.29, 0.717) is 17.1 Å². The molecule has 2 rings (SSSR count). The van der Waals surface area contributed by atoms with Gasteiger partial charge in [0.15, 0.2) is 0 Å². The summed E-state index contributed by atoms with van der Waals surface area (Å²) in [5.41, 5.74) is 1.62. The summed E-state index contributed by atoms with van der Waals surface area (Å²) in [6.07, 6.45) is 3.37. The number of nitriles is 1. The molecule has 0 unspecified atom stereocenters. The Morgan fingerprint density at radius 2 is 2.28 bits per heavy atom. The van der Waals surface area contributed by atoms with E-state index in [2.05, 4.69) is 11.0 Å². The lowest BCUT2D eigenvalue weighted by molar-refractivity contribution is 0.0840. The number of likely N-dealkylation sites (tertiary alicyclic amines) is 1. The number of aliphatic hydroxyl groups excluding tert-OH is 1. The Hall–Kier alpha value is -1.08. The number of piperidine rings is 1. The van der Waals surface area contributed by atoms with Crippen molar-refractivity contribution in [3.05, 3.63) is 34.3 Å². The summed E-state index contributed by atoms with van der Waals surface area (Å²) in [5.74, 6) is 0. The fourth-order valence-corrected chi connectivity index (χ4v) is 2.66. The molecule has 1 aromatic carbocycles. The molecule has 0 bridgehead atoms. The van der Waals surface area contributed by atoms with E-state index in [1.165, 1.54) is 6.42 Å². The van der Waals surface area contributed by atoms with Gasteiger partial charge in [0, 0.05) is 17.6 Å². The molecule has 4 heteroatoms. The summed E-state index contributed by atoms with van der Waals surface area (Å²) in [5, 5.41) is 19.1. The van der Waals surface area contributed by atoms with Crippen molar-refractivity contribution >= 4 is 11.6 Å². The Balaban J connectivity index is 2.15. The molecular weight excluding hydrogens is 248 g/mol. The molecule has 1 N–H and O–H groups in total. The lowest BCUT2D eigenvalue weighted by Crippen LogP contribution is -2.41. The molecule has 0 aliphatic carbocycles. The Morgan fingerprint density at radius 1 is 1.44 bits per heavy atom. The average molecular weight is 265 g/mol. The van der Waals surface area contributed by atoms with Gasteiger partial charge in [-0.2, -0.15) is 5.26 Å². The van der Waals surface area contributed by atoms with Gasteiger partial charge >= 0.3 is 0 Å². The molecule has 1 fully saturated rings. The largest absolute Gasteiger partial charge is 0.395 e. The van der Waals surface area contributed by atoms with Crippen molar-refractivity contribution in [1.29, 1.82) is 5.26 Å². The van der Waals surface area contributed by atoms with E-state index >= 15 is 0 Å². The van der Waals surface area contributed by atoms with E-state index in [1.807, 2.05) is 12.1 Å². The van der Waals surface area contributed by atoms with Crippen molar-refractivity contribution in [3.8, 4) is 6.07 Å². The molecule has 1 atom stereocenters. The SMILES string of the molecule is N#Cc1cc(Cl)ccc1CN1CCCC[C@@H]1CO. The van der Waals surface area contributed by atoms with Crippen molar-refractivity contribution in [1.82, 2.24) is 4.90 Å². The van der Waals surface area contributed by atoms with Gasteiger partial charge in [0.1, 0.15) is 0 Å². The maximum atomic E-state index is 9.38. The van der Waals surface area contributed by atoms with Gasteiger partial charge in [-0.1, -0.05) is 24.1 Å². The molecule has 1 heterocycles. The molecule has 96 valence electrons. The Morgan fingerprint density at radius 3 is 3.00 bits per heavy atom. The average Bonchev–Trinajstić information content (AvgIpc) is 2.41. The highest BCUT2D eigenvalue weighted by Crippen LogP contribution is 2.22. The van der Waals surface area contributed by atoms with Crippen LogP contribution in [-0.4, -0.2) is 29.2 Å². The van der Waals surface area contributed by atoms with Crippen molar-refractivity contribution < 1.29 is 5.11 Å². The van der Waals surface area contributed by atoms with Crippen LogP contribution in [0.3, 0.4) is 0 Å². The maximum Gasteiger partial charge on any atom is 0.0995 e. The fourth-order valence-electron chi connectivity index (χ4n) is 2.48. The fraction of sp³-hybridized carbons (Fsp3) is 0.500. The predicted molar refractivity (Wildman–Crippen MR) is 71.3 cm³/mol. The summed E-state index contributed by atoms with van der Waals surface area (Å²) in [6, 6.07) is 7.83. The van der Waals surface area contributed by atoms with Crippen LogP contribution in [0, 0.1) is 11.3 Å². The van der Waals surface area contributed by atoms with Crippen LogP contribution in [-0.2, 0) is 6.54 Å². The molecule has 18 heavy (non-hydrogen) atoms. The van der Waals surface area contributed by atoms with Crippen molar-refractivity contribution in [2.75, 3.05) is 13.2 Å². The van der Waals surface area contributed by atoms with Crippen molar-refractivity contribution in [3.63, 3.8) is 0 Å². The number of aliphatic hydroxyl groups is 1. The summed E-state index contributed by atoms with van der Waals surface area (Å²) in [4.78, 5) is 2.26. The first-order valence-electron chi connectivity index (χ1n) is 6.28. The highest BCUT2D eigenvalue weighted by molar-refractivity contribution is 6.30. The smallest absolute Gasteiger partial charge is 0.0995 e. The van der Waals surface area contributed by atoms with Gasteiger partial charge in [0.2, 0.25) is 0 Å². The minimum absolute atomic E-state index is 0.190. The molecule has 1 saturated heterocycles. The quantitative estimate of drug-likeness (QED) is 0.913. The minimum Gasteiger partial charge on any atom is -0.395 e. The maximum absolute atomic E-state index is 9.38. The van der Waals surface area contributed by atoms with Crippen LogP contribution in [0.15, 0.2) is 18.2 Å². The monoisotopic (exact) mass is 264 g/mol. The molecule has 0 spiro atoms. The molecule has 3 nitrogen and oxygen atoms in total. The highest BCUT2D eigenvalue weighted by Gasteiger charge is 2.22. The normalized spacial score (nSPS) is 20.6.